The lowest BCUT2D eigenvalue weighted by Crippen LogP contribution is -2.18. The summed E-state index contributed by atoms with van der Waals surface area (Å²) in [6.45, 7) is 4.88. The predicted molar refractivity (Wildman–Crippen MR) is 133 cm³/mol. The van der Waals surface area contributed by atoms with E-state index in [0.717, 1.165) is 47.7 Å². The Bertz CT molecular complexity index is 1420. The Kier molecular flexibility index (Phi) is 6.03. The number of aromatic nitrogens is 2. The van der Waals surface area contributed by atoms with Gasteiger partial charge in [0.25, 0.3) is 5.91 Å². The van der Waals surface area contributed by atoms with Crippen molar-refractivity contribution in [3.05, 3.63) is 94.9 Å². The molecule has 6 heteroatoms. The fourth-order valence-electron chi connectivity index (χ4n) is 4.29. The number of nitrogens with zero attached hydrogens (tertiary/aromatic N) is 3. The van der Waals surface area contributed by atoms with E-state index in [1.54, 1.807) is 30.5 Å². The van der Waals surface area contributed by atoms with Crippen LogP contribution in [0.15, 0.2) is 67.0 Å². The van der Waals surface area contributed by atoms with Crippen LogP contribution >= 0.6 is 0 Å². The van der Waals surface area contributed by atoms with Crippen molar-refractivity contribution in [2.45, 2.75) is 26.3 Å². The van der Waals surface area contributed by atoms with Crippen molar-refractivity contribution in [2.24, 2.45) is 0 Å². The average molecular weight is 451 g/mol. The first-order valence-electron chi connectivity index (χ1n) is 11.5. The largest absolute Gasteiger partial charge is 0.508 e. The molecule has 0 unspecified atom stereocenters. The SMILES string of the molecule is Cc1ccc(C(=O)Nc2cc(O)cc(CN3CCCC3)c2)cc1C#Cc1cnc2ccccn12. The molecule has 170 valence electrons. The van der Waals surface area contributed by atoms with E-state index in [-0.39, 0.29) is 11.7 Å². The first-order valence-corrected chi connectivity index (χ1v) is 11.5. The van der Waals surface area contributed by atoms with Gasteiger partial charge in [0.2, 0.25) is 0 Å². The first kappa shape index (κ1) is 21.7. The first-order chi connectivity index (χ1) is 16.5. The molecule has 2 N–H and O–H groups in total. The highest BCUT2D eigenvalue weighted by Crippen LogP contribution is 2.23. The molecule has 4 aromatic rings. The normalized spacial score (nSPS) is 13.6. The van der Waals surface area contributed by atoms with Crippen LogP contribution in [0.3, 0.4) is 0 Å². The number of phenols is 1. The summed E-state index contributed by atoms with van der Waals surface area (Å²) in [6, 6.07) is 16.6. The molecule has 2 aromatic carbocycles. The minimum absolute atomic E-state index is 0.149. The van der Waals surface area contributed by atoms with Crippen LogP contribution in [0, 0.1) is 18.8 Å². The second-order valence-corrected chi connectivity index (χ2v) is 8.68. The number of nitrogens with one attached hydrogen (secondary N) is 1. The lowest BCUT2D eigenvalue weighted by molar-refractivity contribution is 0.102. The summed E-state index contributed by atoms with van der Waals surface area (Å²) in [7, 11) is 0. The lowest BCUT2D eigenvalue weighted by atomic mass is 10.0. The van der Waals surface area contributed by atoms with Gasteiger partial charge in [-0.1, -0.05) is 18.1 Å². The molecule has 0 bridgehead atoms. The maximum absolute atomic E-state index is 13.0. The number of pyridine rings is 1. The fourth-order valence-corrected chi connectivity index (χ4v) is 4.29. The van der Waals surface area contributed by atoms with Crippen LogP contribution < -0.4 is 5.32 Å². The molecular formula is C28H26N4O2. The van der Waals surface area contributed by atoms with Gasteiger partial charge in [-0.15, -0.1) is 0 Å². The third-order valence-corrected chi connectivity index (χ3v) is 6.08. The number of aryl methyl sites for hydroxylation is 1. The number of hydrogen-bond acceptors (Lipinski definition) is 4. The number of benzene rings is 2. The van der Waals surface area contributed by atoms with E-state index in [1.165, 1.54) is 12.8 Å². The summed E-state index contributed by atoms with van der Waals surface area (Å²) < 4.78 is 1.93. The third-order valence-electron chi connectivity index (χ3n) is 6.08. The number of hydrogen-bond donors (Lipinski definition) is 2. The van der Waals surface area contributed by atoms with Gasteiger partial charge in [-0.2, -0.15) is 0 Å². The van der Waals surface area contributed by atoms with Crippen LogP contribution in [0.25, 0.3) is 5.65 Å². The van der Waals surface area contributed by atoms with Crippen molar-refractivity contribution in [1.82, 2.24) is 14.3 Å². The van der Waals surface area contributed by atoms with Gasteiger partial charge in [-0.3, -0.25) is 14.1 Å². The third kappa shape index (κ3) is 4.80. The Morgan fingerprint density at radius 3 is 2.79 bits per heavy atom. The van der Waals surface area contributed by atoms with Gasteiger partial charge < -0.3 is 10.4 Å². The molecule has 0 atom stereocenters. The Balaban J connectivity index is 1.35. The number of carbonyl (C=O) groups is 1. The highest BCUT2D eigenvalue weighted by atomic mass is 16.3. The van der Waals surface area contributed by atoms with Crippen molar-refractivity contribution in [3.63, 3.8) is 0 Å². The minimum atomic E-state index is -0.240. The molecule has 6 nitrogen and oxygen atoms in total. The van der Waals surface area contributed by atoms with E-state index in [1.807, 2.05) is 47.9 Å². The molecule has 1 saturated heterocycles. The van der Waals surface area contributed by atoms with Crippen LogP contribution in [0.4, 0.5) is 5.69 Å². The molecule has 1 aliphatic rings. The number of carbonyl (C=O) groups excluding carboxylic acids is 1. The van der Waals surface area contributed by atoms with E-state index in [0.29, 0.717) is 11.3 Å². The molecular weight excluding hydrogens is 424 g/mol. The number of likely N-dealkylation sites (tertiary alicyclic amines) is 1. The topological polar surface area (TPSA) is 69.9 Å². The maximum atomic E-state index is 13.0. The van der Waals surface area contributed by atoms with Crippen molar-refractivity contribution in [1.29, 1.82) is 0 Å². The van der Waals surface area contributed by atoms with Crippen LogP contribution in [0.2, 0.25) is 0 Å². The number of aromatic hydroxyl groups is 1. The number of rotatable bonds is 4. The quantitative estimate of drug-likeness (QED) is 0.446. The number of fused-ring (bicyclic) bond motifs is 1. The summed E-state index contributed by atoms with van der Waals surface area (Å²) in [6.07, 6.45) is 6.09. The Morgan fingerprint density at radius 1 is 1.09 bits per heavy atom. The molecule has 0 aliphatic carbocycles. The van der Waals surface area contributed by atoms with Crippen molar-refractivity contribution in [3.8, 4) is 17.6 Å². The van der Waals surface area contributed by atoms with E-state index >= 15 is 0 Å². The summed E-state index contributed by atoms with van der Waals surface area (Å²) >= 11 is 0. The van der Waals surface area contributed by atoms with E-state index in [2.05, 4.69) is 27.0 Å². The highest BCUT2D eigenvalue weighted by Gasteiger charge is 2.14. The van der Waals surface area contributed by atoms with Crippen LogP contribution in [-0.4, -0.2) is 38.4 Å². The fraction of sp³-hybridized carbons (Fsp3) is 0.214. The van der Waals surface area contributed by atoms with Crippen molar-refractivity contribution in [2.75, 3.05) is 18.4 Å². The smallest absolute Gasteiger partial charge is 0.255 e. The second-order valence-electron chi connectivity index (χ2n) is 8.68. The lowest BCUT2D eigenvalue weighted by Gasteiger charge is -2.16. The summed E-state index contributed by atoms with van der Waals surface area (Å²) in [4.78, 5) is 19.7. The Morgan fingerprint density at radius 2 is 1.94 bits per heavy atom. The maximum Gasteiger partial charge on any atom is 0.255 e. The van der Waals surface area contributed by atoms with Crippen LogP contribution in [0.1, 0.15) is 45.6 Å². The Hall–Kier alpha value is -4.08. The molecule has 5 rings (SSSR count). The van der Waals surface area contributed by atoms with Gasteiger partial charge in [0, 0.05) is 35.6 Å². The zero-order valence-corrected chi connectivity index (χ0v) is 19.1. The molecule has 0 spiro atoms. The van der Waals surface area contributed by atoms with E-state index < -0.39 is 0 Å². The van der Waals surface area contributed by atoms with Crippen LogP contribution in [0.5, 0.6) is 5.75 Å². The number of imidazole rings is 1. The molecule has 0 radical (unpaired) electrons. The summed E-state index contributed by atoms with van der Waals surface area (Å²) in [5, 5.41) is 13.1. The molecule has 34 heavy (non-hydrogen) atoms. The van der Waals surface area contributed by atoms with Gasteiger partial charge in [-0.05, 0) is 86.3 Å². The zero-order chi connectivity index (χ0) is 23.5. The summed E-state index contributed by atoms with van der Waals surface area (Å²) in [5.74, 6) is 6.27. The average Bonchev–Trinajstić information content (AvgIpc) is 3.48. The zero-order valence-electron chi connectivity index (χ0n) is 19.1. The second kappa shape index (κ2) is 9.42. The van der Waals surface area contributed by atoms with Gasteiger partial charge in [-0.25, -0.2) is 4.98 Å². The van der Waals surface area contributed by atoms with E-state index in [4.69, 9.17) is 0 Å². The van der Waals surface area contributed by atoms with E-state index in [9.17, 15) is 9.90 Å². The monoisotopic (exact) mass is 450 g/mol. The molecule has 2 aromatic heterocycles. The standard InChI is InChI=1S/C28H26N4O2/c1-20-7-8-23(16-22(20)9-10-25-18-29-27-6-2-3-13-32(25)27)28(34)30-24-14-21(15-26(33)17-24)19-31-11-4-5-12-31/h2-3,6-8,13-18,33H,4-5,11-12,19H2,1H3,(H,30,34). The molecule has 0 saturated carbocycles. The van der Waals surface area contributed by atoms with Crippen molar-refractivity contribution < 1.29 is 9.90 Å². The van der Waals surface area contributed by atoms with Crippen LogP contribution in [-0.2, 0) is 6.54 Å². The number of phenolic OH excluding ortho intramolecular Hbond substituents is 1. The van der Waals surface area contributed by atoms with Gasteiger partial charge >= 0.3 is 0 Å². The van der Waals surface area contributed by atoms with Gasteiger partial charge in [0.1, 0.15) is 17.1 Å². The van der Waals surface area contributed by atoms with Gasteiger partial charge in [0.05, 0.1) is 6.20 Å². The van der Waals surface area contributed by atoms with Crippen molar-refractivity contribution >= 4 is 17.2 Å². The molecule has 1 fully saturated rings. The minimum Gasteiger partial charge on any atom is -0.508 e. The highest BCUT2D eigenvalue weighted by molar-refractivity contribution is 6.04. The number of amides is 1. The number of anilines is 1. The molecule has 3 heterocycles. The molecule has 1 aliphatic heterocycles. The van der Waals surface area contributed by atoms with Gasteiger partial charge in [0.15, 0.2) is 0 Å². The predicted octanol–water partition coefficient (Wildman–Crippen LogP) is 4.60. The molecule has 1 amide bonds. The summed E-state index contributed by atoms with van der Waals surface area (Å²) in [5.41, 5.74) is 5.48. The Labute approximate surface area is 198 Å².